The molecule has 1 saturated heterocycles. The number of halogens is 3. The third-order valence-corrected chi connectivity index (χ3v) is 7.60. The van der Waals surface area contributed by atoms with E-state index in [0.717, 1.165) is 34.3 Å². The molecule has 0 bridgehead atoms. The number of aromatic nitrogens is 3. The third-order valence-electron chi connectivity index (χ3n) is 5.36. The van der Waals surface area contributed by atoms with Crippen molar-refractivity contribution in [2.75, 3.05) is 18.8 Å². The summed E-state index contributed by atoms with van der Waals surface area (Å²) in [6.45, 7) is 4.27. The number of amides is 2. The topological polar surface area (TPSA) is 80.1 Å². The SMILES string of the molecule is Cc1cccc(-c2sc(C)nc2C(=O)N2CCSC2CNC(=O)c2cnn(C)c2C(F)(F)F)c1. The van der Waals surface area contributed by atoms with Crippen molar-refractivity contribution in [1.82, 2.24) is 25.0 Å². The second kappa shape index (κ2) is 9.41. The Balaban J connectivity index is 1.51. The molecule has 3 aromatic rings. The molecule has 3 heterocycles. The molecule has 0 spiro atoms. The Kier molecular flexibility index (Phi) is 6.72. The van der Waals surface area contributed by atoms with Gasteiger partial charge in [-0.1, -0.05) is 29.8 Å². The number of thioether (sulfide) groups is 1. The number of hydrogen-bond acceptors (Lipinski definition) is 6. The number of nitrogens with one attached hydrogen (secondary N) is 1. The second-order valence-electron chi connectivity index (χ2n) is 7.84. The number of carbonyl (C=O) groups is 2. The van der Waals surface area contributed by atoms with Gasteiger partial charge in [-0.3, -0.25) is 14.3 Å². The quantitative estimate of drug-likeness (QED) is 0.560. The predicted octanol–water partition coefficient (Wildman–Crippen LogP) is 4.12. The normalized spacial score (nSPS) is 16.2. The predicted molar refractivity (Wildman–Crippen MR) is 125 cm³/mol. The van der Waals surface area contributed by atoms with Crippen LogP contribution in [0.15, 0.2) is 30.5 Å². The molecule has 2 aromatic heterocycles. The summed E-state index contributed by atoms with van der Waals surface area (Å²) in [5.41, 5.74) is 0.652. The van der Waals surface area contributed by atoms with Gasteiger partial charge in [-0.05, 0) is 19.4 Å². The van der Waals surface area contributed by atoms with E-state index in [-0.39, 0.29) is 12.5 Å². The zero-order chi connectivity index (χ0) is 24.6. The molecule has 1 aromatic carbocycles. The molecule has 34 heavy (non-hydrogen) atoms. The fourth-order valence-electron chi connectivity index (χ4n) is 3.83. The molecule has 1 aliphatic heterocycles. The van der Waals surface area contributed by atoms with E-state index in [4.69, 9.17) is 0 Å². The monoisotopic (exact) mass is 509 g/mol. The Morgan fingerprint density at radius 2 is 2.03 bits per heavy atom. The number of nitrogens with zero attached hydrogens (tertiary/aromatic N) is 4. The summed E-state index contributed by atoms with van der Waals surface area (Å²) < 4.78 is 40.5. The lowest BCUT2D eigenvalue weighted by Crippen LogP contribution is -2.42. The Labute approximate surface area is 202 Å². The van der Waals surface area contributed by atoms with Crippen molar-refractivity contribution in [3.8, 4) is 10.4 Å². The number of hydrogen-bond donors (Lipinski definition) is 1. The summed E-state index contributed by atoms with van der Waals surface area (Å²) in [5, 5.41) is 6.45. The standard InChI is InChI=1S/C22H22F3N5O2S2/c1-12-5-4-6-14(9-12)18-17(28-13(2)34-18)21(32)30-7-8-33-16(30)11-26-20(31)15-10-27-29(3)19(15)22(23,24)25/h4-6,9-10,16H,7-8,11H2,1-3H3,(H,26,31). The number of aryl methyl sites for hydroxylation is 3. The van der Waals surface area contributed by atoms with E-state index in [9.17, 15) is 22.8 Å². The highest BCUT2D eigenvalue weighted by atomic mass is 32.2. The highest BCUT2D eigenvalue weighted by Gasteiger charge is 2.40. The number of alkyl halides is 3. The Hall–Kier alpha value is -2.86. The average molecular weight is 510 g/mol. The van der Waals surface area contributed by atoms with Crippen molar-refractivity contribution in [1.29, 1.82) is 0 Å². The van der Waals surface area contributed by atoms with E-state index in [0.29, 0.717) is 22.7 Å². The van der Waals surface area contributed by atoms with Gasteiger partial charge in [0.25, 0.3) is 11.8 Å². The minimum atomic E-state index is -4.71. The maximum atomic E-state index is 13.4. The van der Waals surface area contributed by atoms with E-state index < -0.39 is 28.7 Å². The largest absolute Gasteiger partial charge is 0.433 e. The molecule has 1 fully saturated rings. The fraction of sp³-hybridized carbons (Fsp3) is 0.364. The van der Waals surface area contributed by atoms with Gasteiger partial charge in [0.05, 0.1) is 27.0 Å². The highest BCUT2D eigenvalue weighted by molar-refractivity contribution is 8.00. The van der Waals surface area contributed by atoms with Gasteiger partial charge in [0.2, 0.25) is 0 Å². The van der Waals surface area contributed by atoms with Gasteiger partial charge in [0, 0.05) is 25.9 Å². The molecule has 0 saturated carbocycles. The zero-order valence-corrected chi connectivity index (χ0v) is 20.3. The minimum absolute atomic E-state index is 0.00429. The van der Waals surface area contributed by atoms with Crippen LogP contribution in [-0.2, 0) is 13.2 Å². The Bertz CT molecular complexity index is 1240. The van der Waals surface area contributed by atoms with Crippen molar-refractivity contribution in [2.45, 2.75) is 25.4 Å². The molecular formula is C22H22F3N5O2S2. The van der Waals surface area contributed by atoms with Crippen LogP contribution in [0.25, 0.3) is 10.4 Å². The van der Waals surface area contributed by atoms with Crippen LogP contribution < -0.4 is 5.32 Å². The Morgan fingerprint density at radius 1 is 1.26 bits per heavy atom. The van der Waals surface area contributed by atoms with E-state index in [1.54, 1.807) is 4.90 Å². The van der Waals surface area contributed by atoms with Crippen LogP contribution >= 0.6 is 23.1 Å². The number of carbonyl (C=O) groups excluding carboxylic acids is 2. The first kappa shape index (κ1) is 24.3. The van der Waals surface area contributed by atoms with Crippen molar-refractivity contribution in [3.63, 3.8) is 0 Å². The first-order chi connectivity index (χ1) is 16.1. The zero-order valence-electron chi connectivity index (χ0n) is 18.6. The first-order valence-electron chi connectivity index (χ1n) is 10.4. The first-order valence-corrected chi connectivity index (χ1v) is 12.3. The highest BCUT2D eigenvalue weighted by Crippen LogP contribution is 2.34. The summed E-state index contributed by atoms with van der Waals surface area (Å²) in [7, 11) is 1.13. The van der Waals surface area contributed by atoms with E-state index in [1.165, 1.54) is 23.1 Å². The van der Waals surface area contributed by atoms with E-state index in [1.807, 2.05) is 38.1 Å². The van der Waals surface area contributed by atoms with Crippen molar-refractivity contribution >= 4 is 34.9 Å². The van der Waals surface area contributed by atoms with Crippen LogP contribution in [-0.4, -0.2) is 55.7 Å². The van der Waals surface area contributed by atoms with Gasteiger partial charge < -0.3 is 10.2 Å². The Morgan fingerprint density at radius 3 is 2.74 bits per heavy atom. The summed E-state index contributed by atoms with van der Waals surface area (Å²) in [4.78, 5) is 32.8. The summed E-state index contributed by atoms with van der Waals surface area (Å²) in [6, 6.07) is 7.82. The van der Waals surface area contributed by atoms with Crippen LogP contribution in [0.2, 0.25) is 0 Å². The number of rotatable bonds is 5. The van der Waals surface area contributed by atoms with Crippen molar-refractivity contribution in [3.05, 3.63) is 58.0 Å². The lowest BCUT2D eigenvalue weighted by Gasteiger charge is -2.24. The van der Waals surface area contributed by atoms with Crippen molar-refractivity contribution < 1.29 is 22.8 Å². The summed E-state index contributed by atoms with van der Waals surface area (Å²) >= 11 is 2.89. The lowest BCUT2D eigenvalue weighted by molar-refractivity contribution is -0.144. The smallest absolute Gasteiger partial charge is 0.349 e. The molecule has 0 aliphatic carbocycles. The van der Waals surface area contributed by atoms with Gasteiger partial charge in [-0.15, -0.1) is 23.1 Å². The van der Waals surface area contributed by atoms with Gasteiger partial charge in [-0.25, -0.2) is 4.98 Å². The average Bonchev–Trinajstić information content (AvgIpc) is 3.49. The van der Waals surface area contributed by atoms with Gasteiger partial charge >= 0.3 is 6.18 Å². The van der Waals surface area contributed by atoms with Gasteiger partial charge in [0.15, 0.2) is 5.69 Å². The minimum Gasteiger partial charge on any atom is -0.349 e. The van der Waals surface area contributed by atoms with Gasteiger partial charge in [0.1, 0.15) is 5.69 Å². The number of thiazole rings is 1. The molecule has 12 heteroatoms. The maximum Gasteiger partial charge on any atom is 0.433 e. The maximum absolute atomic E-state index is 13.4. The molecule has 4 rings (SSSR count). The molecule has 2 amide bonds. The van der Waals surface area contributed by atoms with Crippen LogP contribution in [0.3, 0.4) is 0 Å². The van der Waals surface area contributed by atoms with Crippen LogP contribution in [0.5, 0.6) is 0 Å². The summed E-state index contributed by atoms with van der Waals surface area (Å²) in [5.74, 6) is -0.497. The van der Waals surface area contributed by atoms with Crippen LogP contribution in [0.4, 0.5) is 13.2 Å². The van der Waals surface area contributed by atoms with Gasteiger partial charge in [-0.2, -0.15) is 18.3 Å². The van der Waals surface area contributed by atoms with Crippen LogP contribution in [0, 0.1) is 13.8 Å². The number of benzene rings is 1. The second-order valence-corrected chi connectivity index (χ2v) is 10.3. The van der Waals surface area contributed by atoms with E-state index in [2.05, 4.69) is 15.4 Å². The molecule has 1 N–H and O–H groups in total. The lowest BCUT2D eigenvalue weighted by atomic mass is 10.1. The third kappa shape index (κ3) is 4.83. The van der Waals surface area contributed by atoms with E-state index >= 15 is 0 Å². The summed E-state index contributed by atoms with van der Waals surface area (Å²) in [6.07, 6.45) is -3.81. The fourth-order valence-corrected chi connectivity index (χ4v) is 5.89. The molecule has 7 nitrogen and oxygen atoms in total. The molecule has 1 atom stereocenters. The van der Waals surface area contributed by atoms with Crippen LogP contribution in [0.1, 0.15) is 37.1 Å². The molecule has 0 radical (unpaired) electrons. The molecule has 1 aliphatic rings. The van der Waals surface area contributed by atoms with Crippen molar-refractivity contribution in [2.24, 2.45) is 7.05 Å². The molecular weight excluding hydrogens is 487 g/mol. The molecule has 1 unspecified atom stereocenters. The molecule has 180 valence electrons.